The van der Waals surface area contributed by atoms with E-state index in [9.17, 15) is 13.2 Å². The molecule has 0 amide bonds. The first kappa shape index (κ1) is 22.0. The lowest BCUT2D eigenvalue weighted by Gasteiger charge is -2.21. The molecule has 0 N–H and O–H groups in total. The fourth-order valence-electron chi connectivity index (χ4n) is 3.12. The number of aromatic nitrogens is 1. The summed E-state index contributed by atoms with van der Waals surface area (Å²) in [6, 6.07) is 12.5. The van der Waals surface area contributed by atoms with Crippen molar-refractivity contribution in [2.75, 3.05) is 18.0 Å². The van der Waals surface area contributed by atoms with Gasteiger partial charge in [-0.1, -0.05) is 42.8 Å². The number of ether oxygens (including phenoxy) is 1. The molecule has 2 aromatic carbocycles. The molecule has 0 saturated heterocycles. The van der Waals surface area contributed by atoms with Gasteiger partial charge in [0.05, 0.1) is 17.6 Å². The molecule has 0 aliphatic heterocycles. The summed E-state index contributed by atoms with van der Waals surface area (Å²) < 4.78 is 32.8. The van der Waals surface area contributed by atoms with Crippen LogP contribution in [-0.4, -0.2) is 33.0 Å². The summed E-state index contributed by atoms with van der Waals surface area (Å²) >= 11 is 1.39. The van der Waals surface area contributed by atoms with E-state index >= 15 is 0 Å². The third-order valence-corrected chi connectivity index (χ3v) is 7.54. The van der Waals surface area contributed by atoms with E-state index in [0.717, 1.165) is 21.7 Å². The normalized spacial score (nSPS) is 11.3. The third-order valence-electron chi connectivity index (χ3n) is 4.79. The van der Waals surface area contributed by atoms with E-state index in [1.165, 1.54) is 34.9 Å². The fraction of sp³-hybridized carbons (Fsp3) is 0.273. The molecule has 1 aromatic heterocycles. The molecule has 0 atom stereocenters. The molecular formula is C22H24N2O4S2. The number of sulfonamides is 1. The molecule has 0 aliphatic carbocycles. The lowest BCUT2D eigenvalue weighted by atomic mass is 10.1. The first-order chi connectivity index (χ1) is 14.3. The zero-order valence-electron chi connectivity index (χ0n) is 17.4. The van der Waals surface area contributed by atoms with Gasteiger partial charge in [-0.05, 0) is 38.0 Å². The standard InChI is InChI=1S/C22H24N2O4S2/c1-5-16-11-12-18(13-19(16)22(25)28-4)30(26,27)24(6-2)20-14-29-21(23-20)17-9-7-15(3)8-10-17/h7-14H,5-6H2,1-4H3. The SMILES string of the molecule is CCc1ccc(S(=O)(=O)N(CC)c2csc(-c3ccc(C)cc3)n2)cc1C(=O)OC. The van der Waals surface area contributed by atoms with Gasteiger partial charge in [0.2, 0.25) is 0 Å². The van der Waals surface area contributed by atoms with Crippen LogP contribution < -0.4 is 4.31 Å². The average Bonchev–Trinajstić information content (AvgIpc) is 3.23. The molecule has 0 radical (unpaired) electrons. The van der Waals surface area contributed by atoms with Crippen molar-refractivity contribution < 1.29 is 17.9 Å². The van der Waals surface area contributed by atoms with Crippen LogP contribution in [0.5, 0.6) is 0 Å². The minimum absolute atomic E-state index is 0.0341. The fourth-order valence-corrected chi connectivity index (χ4v) is 5.44. The molecule has 6 nitrogen and oxygen atoms in total. The smallest absolute Gasteiger partial charge is 0.338 e. The maximum Gasteiger partial charge on any atom is 0.338 e. The van der Waals surface area contributed by atoms with Gasteiger partial charge in [0.15, 0.2) is 5.82 Å². The molecule has 0 spiro atoms. The zero-order valence-corrected chi connectivity index (χ0v) is 19.0. The number of methoxy groups -OCH3 is 1. The number of esters is 1. The summed E-state index contributed by atoms with van der Waals surface area (Å²) in [6.07, 6.45) is 0.592. The predicted octanol–water partition coefficient (Wildman–Crippen LogP) is 4.68. The molecule has 0 aliphatic rings. The molecule has 8 heteroatoms. The number of hydrogen-bond acceptors (Lipinski definition) is 6. The summed E-state index contributed by atoms with van der Waals surface area (Å²) in [4.78, 5) is 16.7. The second-order valence-corrected chi connectivity index (χ2v) is 9.43. The Kier molecular flexibility index (Phi) is 6.58. The largest absolute Gasteiger partial charge is 0.465 e. The molecule has 0 bridgehead atoms. The van der Waals surface area contributed by atoms with Crippen molar-refractivity contribution in [2.24, 2.45) is 0 Å². The monoisotopic (exact) mass is 444 g/mol. The first-order valence-corrected chi connectivity index (χ1v) is 11.9. The first-order valence-electron chi connectivity index (χ1n) is 9.58. The molecule has 3 aromatic rings. The molecule has 158 valence electrons. The van der Waals surface area contributed by atoms with Crippen LogP contribution in [0.4, 0.5) is 5.82 Å². The summed E-state index contributed by atoms with van der Waals surface area (Å²) in [5.41, 5.74) is 3.07. The topological polar surface area (TPSA) is 76.6 Å². The number of carbonyl (C=O) groups is 1. The van der Waals surface area contributed by atoms with Crippen LogP contribution in [0.25, 0.3) is 10.6 Å². The third kappa shape index (κ3) is 4.24. The van der Waals surface area contributed by atoms with Gasteiger partial charge in [-0.3, -0.25) is 0 Å². The number of benzene rings is 2. The van der Waals surface area contributed by atoms with E-state index < -0.39 is 16.0 Å². The Labute approximate surface area is 181 Å². The minimum Gasteiger partial charge on any atom is -0.465 e. The van der Waals surface area contributed by atoms with E-state index in [1.807, 2.05) is 38.1 Å². The number of hydrogen-bond donors (Lipinski definition) is 0. The van der Waals surface area contributed by atoms with Crippen LogP contribution >= 0.6 is 11.3 Å². The maximum absolute atomic E-state index is 13.4. The maximum atomic E-state index is 13.4. The van der Waals surface area contributed by atoms with Gasteiger partial charge in [0, 0.05) is 17.5 Å². The summed E-state index contributed by atoms with van der Waals surface area (Å²) in [6.45, 7) is 5.87. The number of rotatable bonds is 7. The number of carbonyl (C=O) groups excluding carboxylic acids is 1. The predicted molar refractivity (Wildman–Crippen MR) is 120 cm³/mol. The van der Waals surface area contributed by atoms with Crippen LogP contribution in [0.15, 0.2) is 52.7 Å². The summed E-state index contributed by atoms with van der Waals surface area (Å²) in [5, 5.41) is 2.48. The Morgan fingerprint density at radius 1 is 1.13 bits per heavy atom. The highest BCUT2D eigenvalue weighted by Gasteiger charge is 2.27. The van der Waals surface area contributed by atoms with Gasteiger partial charge < -0.3 is 4.74 Å². The van der Waals surface area contributed by atoms with Crippen molar-refractivity contribution in [2.45, 2.75) is 32.1 Å². The summed E-state index contributed by atoms with van der Waals surface area (Å²) in [7, 11) is -2.62. The van der Waals surface area contributed by atoms with Crippen LogP contribution in [0, 0.1) is 6.92 Å². The highest BCUT2D eigenvalue weighted by atomic mass is 32.2. The Balaban J connectivity index is 2.00. The lowest BCUT2D eigenvalue weighted by Crippen LogP contribution is -2.31. The average molecular weight is 445 g/mol. The van der Waals surface area contributed by atoms with E-state index in [2.05, 4.69) is 4.98 Å². The molecule has 0 unspecified atom stereocenters. The second kappa shape index (κ2) is 8.97. The van der Waals surface area contributed by atoms with Crippen molar-refractivity contribution in [3.05, 3.63) is 64.5 Å². The van der Waals surface area contributed by atoms with E-state index in [0.29, 0.717) is 12.2 Å². The summed E-state index contributed by atoms with van der Waals surface area (Å²) in [5.74, 6) is -0.195. The molecular weight excluding hydrogens is 420 g/mol. The van der Waals surface area contributed by atoms with Crippen molar-refractivity contribution in [1.29, 1.82) is 0 Å². The van der Waals surface area contributed by atoms with Gasteiger partial charge in [0.25, 0.3) is 10.0 Å². The van der Waals surface area contributed by atoms with Crippen LogP contribution in [-0.2, 0) is 21.2 Å². The highest BCUT2D eigenvalue weighted by molar-refractivity contribution is 7.92. The van der Waals surface area contributed by atoms with Gasteiger partial charge in [0.1, 0.15) is 5.01 Å². The molecule has 0 saturated carbocycles. The number of anilines is 1. The minimum atomic E-state index is -3.90. The van der Waals surface area contributed by atoms with Crippen molar-refractivity contribution >= 4 is 33.1 Å². The molecule has 30 heavy (non-hydrogen) atoms. The van der Waals surface area contributed by atoms with Gasteiger partial charge in [-0.2, -0.15) is 0 Å². The second-order valence-electron chi connectivity index (χ2n) is 6.71. The Morgan fingerprint density at radius 3 is 2.43 bits per heavy atom. The van der Waals surface area contributed by atoms with Crippen molar-refractivity contribution in [1.82, 2.24) is 4.98 Å². The Bertz CT molecular complexity index is 1150. The van der Waals surface area contributed by atoms with Gasteiger partial charge in [-0.25, -0.2) is 22.5 Å². The van der Waals surface area contributed by atoms with Crippen molar-refractivity contribution in [3.63, 3.8) is 0 Å². The van der Waals surface area contributed by atoms with Crippen LogP contribution in [0.1, 0.15) is 35.3 Å². The van der Waals surface area contributed by atoms with Crippen LogP contribution in [0.3, 0.4) is 0 Å². The lowest BCUT2D eigenvalue weighted by molar-refractivity contribution is 0.0599. The molecule has 1 heterocycles. The Hall–Kier alpha value is -2.71. The van der Waals surface area contributed by atoms with Crippen LogP contribution in [0.2, 0.25) is 0 Å². The van der Waals surface area contributed by atoms with Gasteiger partial charge in [-0.15, -0.1) is 11.3 Å². The number of nitrogens with zero attached hydrogens (tertiary/aromatic N) is 2. The molecule has 0 fully saturated rings. The highest BCUT2D eigenvalue weighted by Crippen LogP contribution is 2.31. The zero-order chi connectivity index (χ0) is 21.9. The van der Waals surface area contributed by atoms with Crippen molar-refractivity contribution in [3.8, 4) is 10.6 Å². The van der Waals surface area contributed by atoms with E-state index in [1.54, 1.807) is 18.4 Å². The van der Waals surface area contributed by atoms with E-state index in [4.69, 9.17) is 4.74 Å². The number of aryl methyl sites for hydroxylation is 2. The molecule has 3 rings (SSSR count). The Morgan fingerprint density at radius 2 is 1.83 bits per heavy atom. The number of thiazole rings is 1. The quantitative estimate of drug-likeness (QED) is 0.495. The van der Waals surface area contributed by atoms with E-state index in [-0.39, 0.29) is 17.0 Å². The van der Waals surface area contributed by atoms with Gasteiger partial charge >= 0.3 is 5.97 Å².